The minimum absolute atomic E-state index is 0.645. The highest BCUT2D eigenvalue weighted by Crippen LogP contribution is 2.20. The van der Waals surface area contributed by atoms with E-state index in [2.05, 4.69) is 17.5 Å². The third-order valence-electron chi connectivity index (χ3n) is 3.72. The first-order valence-corrected chi connectivity index (χ1v) is 6.66. The minimum atomic E-state index is 0.645. The number of hydrogen-bond acceptors (Lipinski definition) is 4. The van der Waals surface area contributed by atoms with E-state index in [0.29, 0.717) is 5.25 Å². The lowest BCUT2D eigenvalue weighted by atomic mass is 9.96. The van der Waals surface area contributed by atoms with Crippen LogP contribution >= 0.6 is 12.6 Å². The van der Waals surface area contributed by atoms with Crippen LogP contribution in [0.2, 0.25) is 0 Å². The fourth-order valence-corrected chi connectivity index (χ4v) is 2.83. The molecule has 0 atom stereocenters. The summed E-state index contributed by atoms with van der Waals surface area (Å²) in [5.74, 6) is 6.63. The summed E-state index contributed by atoms with van der Waals surface area (Å²) < 4.78 is 0. The molecule has 2 rings (SSSR count). The van der Waals surface area contributed by atoms with Gasteiger partial charge in [-0.05, 0) is 44.7 Å². The molecule has 4 heteroatoms. The Kier molecular flexibility index (Phi) is 4.31. The van der Waals surface area contributed by atoms with Crippen LogP contribution < -0.4 is 5.84 Å². The quantitative estimate of drug-likeness (QED) is 0.547. The second-order valence-corrected chi connectivity index (χ2v) is 5.74. The van der Waals surface area contributed by atoms with Gasteiger partial charge in [0.25, 0.3) is 0 Å². The zero-order chi connectivity index (χ0) is 10.7. The van der Waals surface area contributed by atoms with Crippen molar-refractivity contribution in [2.75, 3.05) is 32.7 Å². The molecule has 15 heavy (non-hydrogen) atoms. The number of piperidine rings is 2. The van der Waals surface area contributed by atoms with E-state index in [4.69, 9.17) is 5.84 Å². The van der Waals surface area contributed by atoms with Crippen molar-refractivity contribution in [1.82, 2.24) is 9.91 Å². The van der Waals surface area contributed by atoms with Crippen LogP contribution in [0, 0.1) is 5.92 Å². The molecule has 0 aliphatic carbocycles. The summed E-state index contributed by atoms with van der Waals surface area (Å²) in [6.45, 7) is 5.93. The number of nitrogens with two attached hydrogens (primary N) is 1. The molecule has 0 aromatic rings. The highest BCUT2D eigenvalue weighted by molar-refractivity contribution is 7.80. The summed E-state index contributed by atoms with van der Waals surface area (Å²) in [7, 11) is 0. The number of hydrogen-bond donors (Lipinski definition) is 2. The topological polar surface area (TPSA) is 32.5 Å². The van der Waals surface area contributed by atoms with Crippen LogP contribution in [0.15, 0.2) is 0 Å². The van der Waals surface area contributed by atoms with Gasteiger partial charge in [0.2, 0.25) is 0 Å². The molecule has 2 saturated heterocycles. The fraction of sp³-hybridized carbons (Fsp3) is 1.00. The van der Waals surface area contributed by atoms with Crippen LogP contribution in [0.4, 0.5) is 0 Å². The molecule has 0 saturated carbocycles. The summed E-state index contributed by atoms with van der Waals surface area (Å²) in [6, 6.07) is 0. The summed E-state index contributed by atoms with van der Waals surface area (Å²) in [5.41, 5.74) is 0. The standard InChI is InChI=1S/C11H23N3S/c12-14-7-1-10(2-8-14)9-13-5-3-11(15)4-6-13/h10-11,15H,1-9,12H2. The highest BCUT2D eigenvalue weighted by atomic mass is 32.1. The Bertz CT molecular complexity index is 164. The second-order valence-electron chi connectivity index (χ2n) is 5.01. The molecule has 2 fully saturated rings. The van der Waals surface area contributed by atoms with Crippen molar-refractivity contribution in [2.45, 2.75) is 30.9 Å². The lowest BCUT2D eigenvalue weighted by Gasteiger charge is -2.35. The number of hydrazine groups is 1. The van der Waals surface area contributed by atoms with E-state index >= 15 is 0 Å². The Hall–Kier alpha value is 0.230. The van der Waals surface area contributed by atoms with E-state index in [1.54, 1.807) is 0 Å². The predicted octanol–water partition coefficient (Wildman–Crippen LogP) is 0.966. The zero-order valence-electron chi connectivity index (χ0n) is 9.44. The van der Waals surface area contributed by atoms with E-state index in [9.17, 15) is 0 Å². The van der Waals surface area contributed by atoms with Gasteiger partial charge in [0.05, 0.1) is 0 Å². The van der Waals surface area contributed by atoms with Crippen molar-refractivity contribution >= 4 is 12.6 Å². The van der Waals surface area contributed by atoms with Crippen LogP contribution in [-0.2, 0) is 0 Å². The van der Waals surface area contributed by atoms with Gasteiger partial charge < -0.3 is 4.90 Å². The van der Waals surface area contributed by atoms with Crippen molar-refractivity contribution in [3.63, 3.8) is 0 Å². The minimum Gasteiger partial charge on any atom is -0.303 e. The van der Waals surface area contributed by atoms with Gasteiger partial charge >= 0.3 is 0 Å². The molecular weight excluding hydrogens is 206 g/mol. The average Bonchev–Trinajstić information content (AvgIpc) is 2.25. The number of thiol groups is 1. The van der Waals surface area contributed by atoms with Crippen molar-refractivity contribution in [3.05, 3.63) is 0 Å². The lowest BCUT2D eigenvalue weighted by Crippen LogP contribution is -2.43. The van der Waals surface area contributed by atoms with Gasteiger partial charge in [0.1, 0.15) is 0 Å². The maximum Gasteiger partial charge on any atom is 0.0131 e. The Morgan fingerprint density at radius 1 is 1.00 bits per heavy atom. The van der Waals surface area contributed by atoms with Crippen LogP contribution in [0.3, 0.4) is 0 Å². The number of likely N-dealkylation sites (tertiary alicyclic amines) is 1. The maximum atomic E-state index is 5.76. The molecule has 3 nitrogen and oxygen atoms in total. The second kappa shape index (κ2) is 5.53. The van der Waals surface area contributed by atoms with Crippen LogP contribution in [-0.4, -0.2) is 47.9 Å². The third kappa shape index (κ3) is 3.63. The van der Waals surface area contributed by atoms with E-state index < -0.39 is 0 Å². The highest BCUT2D eigenvalue weighted by Gasteiger charge is 2.22. The first-order valence-electron chi connectivity index (χ1n) is 6.14. The molecule has 88 valence electrons. The van der Waals surface area contributed by atoms with E-state index in [1.807, 2.05) is 5.01 Å². The van der Waals surface area contributed by atoms with Crippen molar-refractivity contribution in [1.29, 1.82) is 0 Å². The molecule has 0 unspecified atom stereocenters. The number of nitrogens with zero attached hydrogens (tertiary/aromatic N) is 2. The molecule has 0 amide bonds. The molecule has 2 aliphatic heterocycles. The molecule has 0 aromatic heterocycles. The van der Waals surface area contributed by atoms with Gasteiger partial charge in [-0.1, -0.05) is 0 Å². The van der Waals surface area contributed by atoms with Crippen LogP contribution in [0.25, 0.3) is 0 Å². The molecular formula is C11H23N3S. The summed E-state index contributed by atoms with van der Waals surface area (Å²) >= 11 is 4.53. The van der Waals surface area contributed by atoms with Gasteiger partial charge in [-0.3, -0.25) is 5.84 Å². The van der Waals surface area contributed by atoms with Gasteiger partial charge in [0.15, 0.2) is 0 Å². The largest absolute Gasteiger partial charge is 0.303 e. The van der Waals surface area contributed by atoms with Gasteiger partial charge in [-0.2, -0.15) is 12.6 Å². The zero-order valence-corrected chi connectivity index (χ0v) is 10.3. The molecule has 0 bridgehead atoms. The van der Waals surface area contributed by atoms with Crippen LogP contribution in [0.5, 0.6) is 0 Å². The summed E-state index contributed by atoms with van der Waals surface area (Å²) in [4.78, 5) is 2.61. The molecule has 2 heterocycles. The Labute approximate surface area is 98.4 Å². The van der Waals surface area contributed by atoms with Crippen LogP contribution in [0.1, 0.15) is 25.7 Å². The van der Waals surface area contributed by atoms with Crippen molar-refractivity contribution < 1.29 is 0 Å². The smallest absolute Gasteiger partial charge is 0.0131 e. The Balaban J connectivity index is 1.68. The normalized spacial score (nSPS) is 28.4. The molecule has 0 radical (unpaired) electrons. The first kappa shape index (κ1) is 11.7. The molecule has 2 aliphatic rings. The van der Waals surface area contributed by atoms with E-state index in [-0.39, 0.29) is 0 Å². The molecule has 2 N–H and O–H groups in total. The van der Waals surface area contributed by atoms with Crippen molar-refractivity contribution in [3.8, 4) is 0 Å². The van der Waals surface area contributed by atoms with Gasteiger partial charge in [0, 0.05) is 24.9 Å². The van der Waals surface area contributed by atoms with Gasteiger partial charge in [-0.15, -0.1) is 0 Å². The fourth-order valence-electron chi connectivity index (χ4n) is 2.60. The van der Waals surface area contributed by atoms with Crippen molar-refractivity contribution in [2.24, 2.45) is 11.8 Å². The monoisotopic (exact) mass is 229 g/mol. The third-order valence-corrected chi connectivity index (χ3v) is 4.24. The first-order chi connectivity index (χ1) is 7.24. The Morgan fingerprint density at radius 2 is 1.60 bits per heavy atom. The molecule has 0 spiro atoms. The Morgan fingerprint density at radius 3 is 2.20 bits per heavy atom. The van der Waals surface area contributed by atoms with E-state index in [1.165, 1.54) is 45.3 Å². The average molecular weight is 229 g/mol. The molecule has 0 aromatic carbocycles. The maximum absolute atomic E-state index is 5.76. The number of rotatable bonds is 2. The van der Waals surface area contributed by atoms with E-state index in [0.717, 1.165) is 19.0 Å². The lowest BCUT2D eigenvalue weighted by molar-refractivity contribution is 0.134. The SMILES string of the molecule is NN1CCC(CN2CCC(S)CC2)CC1. The predicted molar refractivity (Wildman–Crippen MR) is 66.9 cm³/mol. The van der Waals surface area contributed by atoms with Gasteiger partial charge in [-0.25, -0.2) is 5.01 Å². The summed E-state index contributed by atoms with van der Waals surface area (Å²) in [5, 5.41) is 2.60. The summed E-state index contributed by atoms with van der Waals surface area (Å²) in [6.07, 6.45) is 5.08.